The molecule has 2 aliphatic rings. The molecule has 0 amide bonds. The van der Waals surface area contributed by atoms with Gasteiger partial charge in [-0.3, -0.25) is 9.88 Å². The van der Waals surface area contributed by atoms with Gasteiger partial charge in [-0.15, -0.1) is 0 Å². The van der Waals surface area contributed by atoms with Gasteiger partial charge >= 0.3 is 0 Å². The van der Waals surface area contributed by atoms with Crippen LogP contribution in [0.15, 0.2) is 24.8 Å². The summed E-state index contributed by atoms with van der Waals surface area (Å²) in [5, 5.41) is 5.68. The van der Waals surface area contributed by atoms with Crippen LogP contribution in [0.25, 0.3) is 27.8 Å². The van der Waals surface area contributed by atoms with Crippen LogP contribution in [0.4, 0.5) is 0 Å². The summed E-state index contributed by atoms with van der Waals surface area (Å²) in [5.74, 6) is 1.58. The van der Waals surface area contributed by atoms with Crippen molar-refractivity contribution in [1.82, 2.24) is 29.5 Å². The second-order valence-electron chi connectivity index (χ2n) is 10.8. The van der Waals surface area contributed by atoms with Crippen molar-refractivity contribution < 1.29 is 9.47 Å². The maximum atomic E-state index is 5.63. The maximum Gasteiger partial charge on any atom is 0.197 e. The number of methoxy groups -OCH3 is 2. The number of hydrogen-bond acceptors (Lipinski definition) is 6. The molecule has 8 heteroatoms. The fraction of sp³-hybridized carbons (Fsp3) is 0.536. The summed E-state index contributed by atoms with van der Waals surface area (Å²) in [6.07, 6.45) is 10.9. The molecule has 1 aliphatic carbocycles. The lowest BCUT2D eigenvalue weighted by atomic mass is 9.80. The number of likely N-dealkylation sites (tertiary alicyclic amines) is 1. The highest BCUT2D eigenvalue weighted by atomic mass is 16.5. The van der Waals surface area contributed by atoms with E-state index < -0.39 is 0 Å². The first-order valence-corrected chi connectivity index (χ1v) is 13.1. The molecule has 1 N–H and O–H groups in total. The Balaban J connectivity index is 1.35. The van der Waals surface area contributed by atoms with E-state index in [4.69, 9.17) is 14.5 Å². The molecule has 190 valence electrons. The standard InChI is InChI=1S/C28H36N6O2/c1-16(2)24-25-17(3)26(18-6-8-20(9-7-18)33-13-21(14-33)35-4)29-11-22(25)32-27(24)19-10-23(36-5)28-30-15-31-34(28)12-19/h10-12,15-16,18,20-21,32H,6-9,13-14H2,1-5H3. The minimum atomic E-state index is 0.344. The Morgan fingerprint density at radius 3 is 2.56 bits per heavy atom. The van der Waals surface area contributed by atoms with Gasteiger partial charge in [0.2, 0.25) is 0 Å². The van der Waals surface area contributed by atoms with E-state index in [1.807, 2.05) is 19.5 Å². The molecular formula is C28H36N6O2. The smallest absolute Gasteiger partial charge is 0.197 e. The lowest BCUT2D eigenvalue weighted by molar-refractivity contribution is -0.0579. The lowest BCUT2D eigenvalue weighted by Gasteiger charge is -2.46. The third-order valence-corrected chi connectivity index (χ3v) is 8.40. The Morgan fingerprint density at radius 2 is 1.86 bits per heavy atom. The predicted octanol–water partition coefficient (Wildman–Crippen LogP) is 5.07. The number of rotatable bonds is 6. The van der Waals surface area contributed by atoms with Gasteiger partial charge in [0.25, 0.3) is 0 Å². The topological polar surface area (TPSA) is 80.6 Å². The van der Waals surface area contributed by atoms with Crippen LogP contribution in [0.1, 0.15) is 68.2 Å². The average Bonchev–Trinajstić information content (AvgIpc) is 3.49. The lowest BCUT2D eigenvalue weighted by Crippen LogP contribution is -2.56. The third-order valence-electron chi connectivity index (χ3n) is 8.40. The van der Waals surface area contributed by atoms with Gasteiger partial charge in [0.05, 0.1) is 30.6 Å². The molecule has 1 aliphatic heterocycles. The second-order valence-corrected chi connectivity index (χ2v) is 10.8. The van der Waals surface area contributed by atoms with Crippen LogP contribution in [-0.2, 0) is 4.74 Å². The summed E-state index contributed by atoms with van der Waals surface area (Å²) in [6, 6.07) is 2.75. The van der Waals surface area contributed by atoms with Crippen molar-refractivity contribution in [1.29, 1.82) is 0 Å². The number of fused-ring (bicyclic) bond motifs is 2. The molecule has 0 atom stereocenters. The van der Waals surface area contributed by atoms with Crippen LogP contribution in [-0.4, -0.2) is 68.9 Å². The number of nitrogens with one attached hydrogen (secondary N) is 1. The second kappa shape index (κ2) is 9.16. The summed E-state index contributed by atoms with van der Waals surface area (Å²) in [7, 11) is 3.50. The number of H-pyrrole nitrogens is 1. The largest absolute Gasteiger partial charge is 0.493 e. The maximum absolute atomic E-state index is 5.63. The van der Waals surface area contributed by atoms with Crippen molar-refractivity contribution in [2.24, 2.45) is 0 Å². The third kappa shape index (κ3) is 3.78. The number of pyridine rings is 2. The molecule has 4 aromatic rings. The molecule has 2 fully saturated rings. The van der Waals surface area contributed by atoms with Gasteiger partial charge in [0, 0.05) is 55.0 Å². The normalized spacial score (nSPS) is 21.5. The molecule has 1 saturated heterocycles. The Kier molecular flexibility index (Phi) is 5.96. The van der Waals surface area contributed by atoms with E-state index in [0.717, 1.165) is 35.5 Å². The Labute approximate surface area is 212 Å². The summed E-state index contributed by atoms with van der Waals surface area (Å²) < 4.78 is 12.9. The first-order chi connectivity index (χ1) is 17.5. The zero-order valence-electron chi connectivity index (χ0n) is 21.9. The number of aromatic amines is 1. The molecule has 0 radical (unpaired) electrons. The fourth-order valence-electron chi connectivity index (χ4n) is 6.42. The van der Waals surface area contributed by atoms with Crippen molar-refractivity contribution in [3.63, 3.8) is 0 Å². The number of aromatic nitrogens is 5. The summed E-state index contributed by atoms with van der Waals surface area (Å²) in [4.78, 5) is 15.6. The minimum Gasteiger partial charge on any atom is -0.493 e. The van der Waals surface area contributed by atoms with Crippen LogP contribution in [0.5, 0.6) is 5.75 Å². The molecule has 6 rings (SSSR count). The van der Waals surface area contributed by atoms with E-state index in [-0.39, 0.29) is 0 Å². The van der Waals surface area contributed by atoms with Crippen molar-refractivity contribution >= 4 is 16.6 Å². The summed E-state index contributed by atoms with van der Waals surface area (Å²) in [6.45, 7) is 8.97. The highest BCUT2D eigenvalue weighted by molar-refractivity contribution is 5.94. The van der Waals surface area contributed by atoms with Crippen molar-refractivity contribution in [3.8, 4) is 17.0 Å². The monoisotopic (exact) mass is 488 g/mol. The molecule has 0 spiro atoms. The quantitative estimate of drug-likeness (QED) is 0.408. The van der Waals surface area contributed by atoms with Crippen molar-refractivity contribution in [2.75, 3.05) is 27.3 Å². The van der Waals surface area contributed by atoms with Gasteiger partial charge in [-0.1, -0.05) is 13.8 Å². The number of ether oxygens (including phenoxy) is 2. The van der Waals surface area contributed by atoms with E-state index in [1.165, 1.54) is 47.9 Å². The predicted molar refractivity (Wildman–Crippen MR) is 141 cm³/mol. The molecule has 0 aromatic carbocycles. The fourth-order valence-corrected chi connectivity index (χ4v) is 6.42. The van der Waals surface area contributed by atoms with E-state index >= 15 is 0 Å². The first-order valence-electron chi connectivity index (χ1n) is 13.1. The number of aryl methyl sites for hydroxylation is 1. The summed E-state index contributed by atoms with van der Waals surface area (Å²) >= 11 is 0. The molecule has 8 nitrogen and oxygen atoms in total. The molecular weight excluding hydrogens is 452 g/mol. The first kappa shape index (κ1) is 23.4. The molecule has 4 aromatic heterocycles. The average molecular weight is 489 g/mol. The van der Waals surface area contributed by atoms with Crippen LogP contribution in [0.2, 0.25) is 0 Å². The van der Waals surface area contributed by atoms with Gasteiger partial charge in [-0.25, -0.2) is 9.50 Å². The van der Waals surface area contributed by atoms with Crippen molar-refractivity contribution in [3.05, 3.63) is 41.6 Å². The molecule has 1 saturated carbocycles. The van der Waals surface area contributed by atoms with E-state index in [0.29, 0.717) is 29.7 Å². The van der Waals surface area contributed by atoms with Crippen molar-refractivity contribution in [2.45, 2.75) is 70.4 Å². The van der Waals surface area contributed by atoms with Crippen LogP contribution >= 0.6 is 0 Å². The number of hydrogen-bond donors (Lipinski definition) is 1. The van der Waals surface area contributed by atoms with Gasteiger partial charge in [0.15, 0.2) is 11.4 Å². The Hall–Kier alpha value is -2.97. The highest BCUT2D eigenvalue weighted by Crippen LogP contribution is 2.42. The zero-order valence-corrected chi connectivity index (χ0v) is 21.9. The molecule has 5 heterocycles. The number of nitrogens with zero attached hydrogens (tertiary/aromatic N) is 5. The Bertz CT molecular complexity index is 1390. The Morgan fingerprint density at radius 1 is 1.08 bits per heavy atom. The van der Waals surface area contributed by atoms with Crippen LogP contribution < -0.4 is 4.74 Å². The van der Waals surface area contributed by atoms with E-state index in [2.05, 4.69) is 46.8 Å². The van der Waals surface area contributed by atoms with Gasteiger partial charge in [-0.2, -0.15) is 5.10 Å². The highest BCUT2D eigenvalue weighted by Gasteiger charge is 2.35. The molecule has 0 unspecified atom stereocenters. The SMILES string of the molecule is COc1cc(-c2[nH]c3cnc(C4CCC(N5CC(OC)C5)CC4)c(C)c3c2C(C)C)cn2ncnc12. The van der Waals surface area contributed by atoms with Gasteiger partial charge in [0.1, 0.15) is 6.33 Å². The van der Waals surface area contributed by atoms with Gasteiger partial charge in [-0.05, 0) is 55.7 Å². The van der Waals surface area contributed by atoms with E-state index in [9.17, 15) is 0 Å². The molecule has 36 heavy (non-hydrogen) atoms. The van der Waals surface area contributed by atoms with Gasteiger partial charge < -0.3 is 14.5 Å². The molecule has 0 bridgehead atoms. The van der Waals surface area contributed by atoms with E-state index in [1.54, 1.807) is 18.0 Å². The zero-order chi connectivity index (χ0) is 25.0. The summed E-state index contributed by atoms with van der Waals surface area (Å²) in [5.41, 5.74) is 7.87. The van der Waals surface area contributed by atoms with Crippen LogP contribution in [0.3, 0.4) is 0 Å². The van der Waals surface area contributed by atoms with Crippen LogP contribution in [0, 0.1) is 6.92 Å². The minimum absolute atomic E-state index is 0.344.